The first-order valence-electron chi connectivity index (χ1n) is 1.39. The first-order chi connectivity index (χ1) is 3.25. The second-order valence-corrected chi connectivity index (χ2v) is 2.55. The monoisotopic (exact) mass is 160 g/mol. The molecule has 0 heterocycles. The Balaban J connectivity index is 0. The van der Waals surface area contributed by atoms with E-state index in [1.54, 1.807) is 0 Å². The summed E-state index contributed by atoms with van der Waals surface area (Å²) in [6, 6.07) is 0. The fourth-order valence-corrected chi connectivity index (χ4v) is 0. The van der Waals surface area contributed by atoms with Crippen LogP contribution in [0.4, 0.5) is 0 Å². The fourth-order valence-electron chi connectivity index (χ4n) is 0. The third-order valence-electron chi connectivity index (χ3n) is 0.346. The predicted molar refractivity (Wildman–Crippen MR) is 27.7 cm³/mol. The maximum Gasteiger partial charge on any atom is 0.411 e. The zero-order chi connectivity index (χ0) is 7.00. The van der Waals surface area contributed by atoms with E-state index < -0.39 is 15.4 Å². The molecule has 0 atom stereocenters. The van der Waals surface area contributed by atoms with Crippen LogP contribution >= 0.6 is 0 Å². The maximum atomic E-state index is 9.46. The van der Waals surface area contributed by atoms with Crippen LogP contribution in [0.1, 0.15) is 7.43 Å². The number of aliphatic hydroxyl groups is 3. The maximum absolute atomic E-state index is 9.46. The van der Waals surface area contributed by atoms with Gasteiger partial charge in [-0.3, -0.25) is 4.55 Å². The molecule has 0 saturated carbocycles. The summed E-state index contributed by atoms with van der Waals surface area (Å²) in [4.78, 5) is 0. The minimum Gasteiger partial charge on any atom is -0.329 e. The van der Waals surface area contributed by atoms with Gasteiger partial charge in [0.2, 0.25) is 0 Å². The second-order valence-electron chi connectivity index (χ2n) is 1.05. The molecule has 4 N–H and O–H groups in total. The van der Waals surface area contributed by atoms with Crippen LogP contribution in [0.25, 0.3) is 0 Å². The Labute approximate surface area is 52.1 Å². The van der Waals surface area contributed by atoms with Crippen LogP contribution in [-0.4, -0.2) is 33.6 Å². The summed E-state index contributed by atoms with van der Waals surface area (Å²) in [6.07, 6.45) is 0. The molecule has 0 bridgehead atoms. The van der Waals surface area contributed by atoms with E-state index >= 15 is 0 Å². The SMILES string of the molecule is C.O=S(=O)(O)C(O)(O)O. The van der Waals surface area contributed by atoms with Crippen molar-refractivity contribution in [1.29, 1.82) is 0 Å². The van der Waals surface area contributed by atoms with Crippen molar-refractivity contribution < 1.29 is 28.3 Å². The molecule has 58 valence electrons. The van der Waals surface area contributed by atoms with Crippen LogP contribution in [0.3, 0.4) is 0 Å². The molecule has 0 radical (unpaired) electrons. The Morgan fingerprint density at radius 3 is 1.22 bits per heavy atom. The predicted octanol–water partition coefficient (Wildman–Crippen LogP) is -1.90. The summed E-state index contributed by atoms with van der Waals surface area (Å²) in [5.41, 5.74) is 0. The van der Waals surface area contributed by atoms with E-state index in [1.807, 2.05) is 0 Å². The summed E-state index contributed by atoms with van der Waals surface area (Å²) in [5.74, 6) is 0. The highest BCUT2D eigenvalue weighted by Crippen LogP contribution is 2.00. The van der Waals surface area contributed by atoms with E-state index in [0.717, 1.165) is 0 Å². The van der Waals surface area contributed by atoms with E-state index in [9.17, 15) is 8.42 Å². The largest absolute Gasteiger partial charge is 0.411 e. The number of hydrogen-bond acceptors (Lipinski definition) is 5. The Bertz CT molecular complexity index is 160. The van der Waals surface area contributed by atoms with Crippen LogP contribution in [0, 0.1) is 0 Å². The topological polar surface area (TPSA) is 115 Å². The Hall–Kier alpha value is -0.210. The molecule has 0 aliphatic rings. The number of rotatable bonds is 1. The van der Waals surface area contributed by atoms with Gasteiger partial charge in [0.1, 0.15) is 0 Å². The van der Waals surface area contributed by atoms with E-state index in [2.05, 4.69) is 0 Å². The molecule has 9 heavy (non-hydrogen) atoms. The summed E-state index contributed by atoms with van der Waals surface area (Å²) < 4.78 is 26.5. The van der Waals surface area contributed by atoms with Gasteiger partial charge in [0.05, 0.1) is 0 Å². The lowest BCUT2D eigenvalue weighted by molar-refractivity contribution is -0.245. The third kappa shape index (κ3) is 3.38. The molecule has 0 aliphatic carbocycles. The standard InChI is InChI=1S/CH4O6S.CH4/c2-1(3,4)8(5,6)7;/h2-4H,(H,5,6,7);1H4. The van der Waals surface area contributed by atoms with Crippen molar-refractivity contribution in [1.82, 2.24) is 0 Å². The molecular formula is C2H8O6S. The average molecular weight is 160 g/mol. The second kappa shape index (κ2) is 2.58. The fraction of sp³-hybridized carbons (Fsp3) is 1.00. The lowest BCUT2D eigenvalue weighted by Crippen LogP contribution is -2.37. The lowest BCUT2D eigenvalue weighted by Gasteiger charge is -2.07. The van der Waals surface area contributed by atoms with Crippen molar-refractivity contribution >= 4 is 10.1 Å². The highest BCUT2D eigenvalue weighted by Gasteiger charge is 2.35. The van der Waals surface area contributed by atoms with Gasteiger partial charge >= 0.3 is 15.4 Å². The van der Waals surface area contributed by atoms with E-state index in [4.69, 9.17) is 19.9 Å². The third-order valence-corrected chi connectivity index (χ3v) is 1.04. The zero-order valence-corrected chi connectivity index (χ0v) is 4.33. The number of hydrogen-bond donors (Lipinski definition) is 4. The van der Waals surface area contributed by atoms with Gasteiger partial charge in [0.25, 0.3) is 0 Å². The molecular weight excluding hydrogens is 152 g/mol. The van der Waals surface area contributed by atoms with Crippen LogP contribution in [0.2, 0.25) is 0 Å². The molecule has 0 aromatic rings. The van der Waals surface area contributed by atoms with Crippen LogP contribution < -0.4 is 0 Å². The summed E-state index contributed by atoms with van der Waals surface area (Å²) in [5, 5.41) is 18.8. The van der Waals surface area contributed by atoms with Crippen molar-refractivity contribution in [3.05, 3.63) is 0 Å². The molecule has 0 unspecified atom stereocenters. The first-order valence-corrected chi connectivity index (χ1v) is 2.83. The highest BCUT2D eigenvalue weighted by atomic mass is 32.2. The molecule has 7 heteroatoms. The molecule has 0 spiro atoms. The molecule has 0 aliphatic heterocycles. The van der Waals surface area contributed by atoms with Gasteiger partial charge in [0.15, 0.2) is 0 Å². The summed E-state index contributed by atoms with van der Waals surface area (Å²) >= 11 is 0. The summed E-state index contributed by atoms with van der Waals surface area (Å²) in [7, 11) is -5.17. The molecule has 0 amide bonds. The van der Waals surface area contributed by atoms with Crippen molar-refractivity contribution in [3.8, 4) is 0 Å². The minimum atomic E-state index is -5.17. The van der Waals surface area contributed by atoms with Crippen molar-refractivity contribution in [2.75, 3.05) is 0 Å². The van der Waals surface area contributed by atoms with Crippen molar-refractivity contribution in [2.24, 2.45) is 0 Å². The van der Waals surface area contributed by atoms with E-state index in [1.165, 1.54) is 0 Å². The van der Waals surface area contributed by atoms with Crippen molar-refractivity contribution in [2.45, 2.75) is 12.7 Å². The van der Waals surface area contributed by atoms with Crippen LogP contribution in [0.15, 0.2) is 0 Å². The normalized spacial score (nSPS) is 12.4. The highest BCUT2D eigenvalue weighted by molar-refractivity contribution is 7.86. The van der Waals surface area contributed by atoms with Crippen molar-refractivity contribution in [3.63, 3.8) is 0 Å². The van der Waals surface area contributed by atoms with Gasteiger partial charge in [-0.1, -0.05) is 7.43 Å². The molecule has 0 rings (SSSR count). The Morgan fingerprint density at radius 2 is 1.22 bits per heavy atom. The average Bonchev–Trinajstić information content (AvgIpc) is 1.25. The molecule has 0 aromatic heterocycles. The summed E-state index contributed by atoms with van der Waals surface area (Å²) in [6.45, 7) is 0. The zero-order valence-electron chi connectivity index (χ0n) is 3.51. The molecule has 0 saturated heterocycles. The Kier molecular flexibility index (Phi) is 3.32. The lowest BCUT2D eigenvalue weighted by atomic mass is 11.3. The van der Waals surface area contributed by atoms with E-state index in [0.29, 0.717) is 0 Å². The van der Waals surface area contributed by atoms with Gasteiger partial charge in [-0.15, -0.1) is 0 Å². The molecule has 6 nitrogen and oxygen atoms in total. The smallest absolute Gasteiger partial charge is 0.329 e. The van der Waals surface area contributed by atoms with E-state index in [-0.39, 0.29) is 7.43 Å². The Morgan fingerprint density at radius 1 is 1.11 bits per heavy atom. The first kappa shape index (κ1) is 11.6. The van der Waals surface area contributed by atoms with Gasteiger partial charge in [-0.2, -0.15) is 8.42 Å². The van der Waals surface area contributed by atoms with Crippen LogP contribution in [-0.2, 0) is 10.1 Å². The van der Waals surface area contributed by atoms with Gasteiger partial charge in [-0.25, -0.2) is 0 Å². The van der Waals surface area contributed by atoms with Gasteiger partial charge in [-0.05, 0) is 0 Å². The quantitative estimate of drug-likeness (QED) is 0.263. The van der Waals surface area contributed by atoms with Crippen LogP contribution in [0.5, 0.6) is 0 Å². The molecule has 0 fully saturated rings. The minimum absolute atomic E-state index is 0. The van der Waals surface area contributed by atoms with Gasteiger partial charge < -0.3 is 15.3 Å². The van der Waals surface area contributed by atoms with Gasteiger partial charge in [0, 0.05) is 0 Å². The molecule has 0 aromatic carbocycles.